The summed E-state index contributed by atoms with van der Waals surface area (Å²) in [6.07, 6.45) is 1.68. The quantitative estimate of drug-likeness (QED) is 0.313. The van der Waals surface area contributed by atoms with Crippen molar-refractivity contribution >= 4 is 17.7 Å². The van der Waals surface area contributed by atoms with Crippen LogP contribution in [0.2, 0.25) is 0 Å². The summed E-state index contributed by atoms with van der Waals surface area (Å²) < 4.78 is 7.71. The third kappa shape index (κ3) is 5.42. The van der Waals surface area contributed by atoms with Crippen molar-refractivity contribution in [3.63, 3.8) is 0 Å². The van der Waals surface area contributed by atoms with E-state index in [2.05, 4.69) is 59.8 Å². The van der Waals surface area contributed by atoms with Crippen LogP contribution in [-0.4, -0.2) is 39.7 Å². The van der Waals surface area contributed by atoms with Crippen LogP contribution in [0.1, 0.15) is 48.0 Å². The summed E-state index contributed by atoms with van der Waals surface area (Å²) in [7, 11) is 3.51. The van der Waals surface area contributed by atoms with Crippen molar-refractivity contribution in [1.82, 2.24) is 19.7 Å². The number of carbonyl (C=O) groups excluding carboxylic acids is 1. The Morgan fingerprint density at radius 1 is 1.00 bits per heavy atom. The zero-order valence-electron chi connectivity index (χ0n) is 20.3. The van der Waals surface area contributed by atoms with E-state index in [1.54, 1.807) is 37.0 Å². The maximum atomic E-state index is 12.1. The van der Waals surface area contributed by atoms with Gasteiger partial charge in [0.1, 0.15) is 5.76 Å². The largest absolute Gasteiger partial charge is 0.467 e. The van der Waals surface area contributed by atoms with E-state index in [1.165, 1.54) is 5.56 Å². The van der Waals surface area contributed by atoms with Gasteiger partial charge in [-0.15, -0.1) is 10.2 Å². The lowest BCUT2D eigenvalue weighted by Gasteiger charge is -2.19. The Bertz CT molecular complexity index is 1240. The number of rotatable bonds is 7. The molecule has 2 heterocycles. The van der Waals surface area contributed by atoms with Crippen LogP contribution in [0.5, 0.6) is 0 Å². The Morgan fingerprint density at radius 2 is 1.71 bits per heavy atom. The van der Waals surface area contributed by atoms with Crippen molar-refractivity contribution in [3.05, 3.63) is 89.4 Å². The molecule has 4 aromatic rings. The predicted molar refractivity (Wildman–Crippen MR) is 136 cm³/mol. The van der Waals surface area contributed by atoms with Crippen molar-refractivity contribution in [1.29, 1.82) is 0 Å². The Balaban J connectivity index is 1.58. The number of amides is 1. The zero-order chi connectivity index (χ0) is 24.3. The lowest BCUT2D eigenvalue weighted by atomic mass is 9.87. The van der Waals surface area contributed by atoms with Gasteiger partial charge >= 0.3 is 0 Å². The minimum atomic E-state index is -0.000449. The van der Waals surface area contributed by atoms with Crippen LogP contribution >= 0.6 is 11.8 Å². The summed E-state index contributed by atoms with van der Waals surface area (Å²) in [5, 5.41) is 9.85. The molecule has 0 fully saturated rings. The van der Waals surface area contributed by atoms with Crippen LogP contribution in [0.15, 0.2) is 76.5 Å². The lowest BCUT2D eigenvalue weighted by Crippen LogP contribution is -2.21. The average Bonchev–Trinajstić information content (AvgIpc) is 3.47. The molecule has 176 valence electrons. The maximum Gasteiger partial charge on any atom is 0.253 e. The SMILES string of the molecule is CN(C)C(=O)c1ccc(CSc2nnc(-c3ccc(C(C)(C)C)cc3)n2Cc2ccco2)cc1. The zero-order valence-corrected chi connectivity index (χ0v) is 21.1. The van der Waals surface area contributed by atoms with Gasteiger partial charge in [-0.2, -0.15) is 0 Å². The van der Waals surface area contributed by atoms with Crippen LogP contribution in [0.4, 0.5) is 0 Å². The molecule has 0 aliphatic rings. The number of nitrogens with zero attached hydrogens (tertiary/aromatic N) is 4. The van der Waals surface area contributed by atoms with Gasteiger partial charge in [-0.1, -0.05) is 68.9 Å². The maximum absolute atomic E-state index is 12.1. The molecule has 6 nitrogen and oxygen atoms in total. The number of benzene rings is 2. The highest BCUT2D eigenvalue weighted by molar-refractivity contribution is 7.98. The summed E-state index contributed by atoms with van der Waals surface area (Å²) in [5.74, 6) is 2.38. The second-order valence-corrected chi connectivity index (χ2v) is 10.4. The van der Waals surface area contributed by atoms with Crippen LogP contribution in [0.25, 0.3) is 11.4 Å². The Kier molecular flexibility index (Phi) is 6.93. The summed E-state index contributed by atoms with van der Waals surface area (Å²) in [5.41, 5.74) is 4.18. The van der Waals surface area contributed by atoms with Crippen molar-refractivity contribution in [2.24, 2.45) is 0 Å². The highest BCUT2D eigenvalue weighted by Crippen LogP contribution is 2.29. The summed E-state index contributed by atoms with van der Waals surface area (Å²) in [6, 6.07) is 20.1. The molecule has 0 radical (unpaired) electrons. The molecule has 34 heavy (non-hydrogen) atoms. The molecule has 0 bridgehead atoms. The van der Waals surface area contributed by atoms with Gasteiger partial charge in [0.15, 0.2) is 11.0 Å². The van der Waals surface area contributed by atoms with Gasteiger partial charge in [-0.05, 0) is 40.8 Å². The van der Waals surface area contributed by atoms with Gasteiger partial charge in [0.2, 0.25) is 0 Å². The molecular formula is C27H30N4O2S. The summed E-state index contributed by atoms with van der Waals surface area (Å²) in [6.45, 7) is 7.17. The van der Waals surface area contributed by atoms with Gasteiger partial charge in [-0.3, -0.25) is 9.36 Å². The second-order valence-electron chi connectivity index (χ2n) is 9.48. The third-order valence-electron chi connectivity index (χ3n) is 5.60. The number of aromatic nitrogens is 3. The highest BCUT2D eigenvalue weighted by Gasteiger charge is 2.18. The molecular weight excluding hydrogens is 444 g/mol. The molecule has 1 amide bonds. The van der Waals surface area contributed by atoms with Gasteiger partial charge in [-0.25, -0.2) is 0 Å². The van der Waals surface area contributed by atoms with Crippen LogP contribution in [0.3, 0.4) is 0 Å². The molecule has 4 rings (SSSR count). The van der Waals surface area contributed by atoms with Crippen LogP contribution in [0, 0.1) is 0 Å². The van der Waals surface area contributed by atoms with E-state index in [0.717, 1.165) is 33.6 Å². The van der Waals surface area contributed by atoms with E-state index < -0.39 is 0 Å². The minimum Gasteiger partial charge on any atom is -0.467 e. The first kappa shape index (κ1) is 23.8. The Labute approximate surface area is 205 Å². The Morgan fingerprint density at radius 3 is 2.29 bits per heavy atom. The smallest absolute Gasteiger partial charge is 0.253 e. The van der Waals surface area contributed by atoms with E-state index in [1.807, 2.05) is 36.4 Å². The van der Waals surface area contributed by atoms with Crippen molar-refractivity contribution < 1.29 is 9.21 Å². The fourth-order valence-corrected chi connectivity index (χ4v) is 4.47. The van der Waals surface area contributed by atoms with E-state index in [-0.39, 0.29) is 11.3 Å². The highest BCUT2D eigenvalue weighted by atomic mass is 32.2. The summed E-state index contributed by atoms with van der Waals surface area (Å²) >= 11 is 1.62. The predicted octanol–water partition coefficient (Wildman–Crippen LogP) is 5.88. The summed E-state index contributed by atoms with van der Waals surface area (Å²) in [4.78, 5) is 13.7. The molecule has 0 aliphatic heterocycles. The molecule has 7 heteroatoms. The molecule has 0 atom stereocenters. The topological polar surface area (TPSA) is 64.2 Å². The number of hydrogen-bond donors (Lipinski definition) is 0. The van der Waals surface area contributed by atoms with E-state index in [4.69, 9.17) is 4.42 Å². The third-order valence-corrected chi connectivity index (χ3v) is 6.63. The molecule has 0 unspecified atom stereocenters. The van der Waals surface area contributed by atoms with E-state index >= 15 is 0 Å². The first-order chi connectivity index (χ1) is 16.2. The lowest BCUT2D eigenvalue weighted by molar-refractivity contribution is 0.0827. The van der Waals surface area contributed by atoms with Gasteiger partial charge in [0, 0.05) is 31.0 Å². The first-order valence-corrected chi connectivity index (χ1v) is 12.2. The molecule has 2 aromatic carbocycles. The minimum absolute atomic E-state index is 0.000449. The fourth-order valence-electron chi connectivity index (χ4n) is 3.58. The number of hydrogen-bond acceptors (Lipinski definition) is 5. The molecule has 0 saturated carbocycles. The van der Waals surface area contributed by atoms with Crippen molar-refractivity contribution in [3.8, 4) is 11.4 Å². The van der Waals surface area contributed by atoms with Crippen molar-refractivity contribution in [2.45, 2.75) is 43.6 Å². The molecule has 0 saturated heterocycles. The van der Waals surface area contributed by atoms with Crippen LogP contribution in [-0.2, 0) is 17.7 Å². The number of carbonyl (C=O) groups is 1. The molecule has 0 spiro atoms. The van der Waals surface area contributed by atoms with Gasteiger partial charge in [0.25, 0.3) is 5.91 Å². The first-order valence-electron chi connectivity index (χ1n) is 11.2. The second kappa shape index (κ2) is 9.89. The van der Waals surface area contributed by atoms with Crippen LogP contribution < -0.4 is 0 Å². The monoisotopic (exact) mass is 474 g/mol. The standard InChI is InChI=1S/C27H30N4O2S/c1-27(2,3)22-14-12-20(13-15-22)24-28-29-26(31(24)17-23-7-6-16-33-23)34-18-19-8-10-21(11-9-19)25(32)30(4)5/h6-16H,17-18H2,1-5H3. The normalized spacial score (nSPS) is 11.6. The van der Waals surface area contributed by atoms with E-state index in [0.29, 0.717) is 12.1 Å². The Hall–Kier alpha value is -3.32. The number of furan rings is 1. The molecule has 2 aromatic heterocycles. The van der Waals surface area contributed by atoms with Gasteiger partial charge in [0.05, 0.1) is 12.8 Å². The fraction of sp³-hybridized carbons (Fsp3) is 0.296. The molecule has 0 aliphatic carbocycles. The average molecular weight is 475 g/mol. The van der Waals surface area contributed by atoms with Gasteiger partial charge < -0.3 is 9.32 Å². The number of thioether (sulfide) groups is 1. The molecule has 0 N–H and O–H groups in total. The van der Waals surface area contributed by atoms with E-state index in [9.17, 15) is 4.79 Å². The van der Waals surface area contributed by atoms with Crippen molar-refractivity contribution in [2.75, 3.05) is 14.1 Å².